The van der Waals surface area contributed by atoms with Gasteiger partial charge in [-0.2, -0.15) is 26.3 Å². The molecule has 85 heavy (non-hydrogen) atoms. The Morgan fingerprint density at radius 2 is 0.612 bits per heavy atom. The summed E-state index contributed by atoms with van der Waals surface area (Å²) in [4.78, 5) is 0. The first-order valence-corrected chi connectivity index (χ1v) is 39.2. The van der Waals surface area contributed by atoms with Gasteiger partial charge in [-0.3, -0.25) is 0 Å². The number of hydrogen-bond donors (Lipinski definition) is 0. The average Bonchev–Trinajstić information content (AvgIpc) is 1.65. The summed E-state index contributed by atoms with van der Waals surface area (Å²) in [7, 11) is -15.1. The molecule has 0 radical (unpaired) electrons. The van der Waals surface area contributed by atoms with Gasteiger partial charge in [0.25, 0.3) is 0 Å². The fourth-order valence-electron chi connectivity index (χ4n) is 9.39. The quantitative estimate of drug-likeness (QED) is 0.0260. The molecule has 0 aliphatic carbocycles. The number of halogens is 6. The molecule has 0 heterocycles. The van der Waals surface area contributed by atoms with Gasteiger partial charge in [0.15, 0.2) is 26.1 Å². The van der Waals surface area contributed by atoms with Crippen molar-refractivity contribution in [3.63, 3.8) is 0 Å². The molecule has 2 unspecified atom stereocenters. The molecule has 0 bridgehead atoms. The van der Waals surface area contributed by atoms with Crippen molar-refractivity contribution in [3.05, 3.63) is 179 Å². The molecule has 474 valence electrons. The van der Waals surface area contributed by atoms with Crippen LogP contribution < -0.4 is 31.8 Å². The van der Waals surface area contributed by atoms with Crippen LogP contribution in [0.5, 0.6) is 0 Å². The molecule has 0 amide bonds. The van der Waals surface area contributed by atoms with Crippen molar-refractivity contribution in [2.75, 3.05) is 44.8 Å². The molecule has 6 rings (SSSR count). The molecular weight excluding hydrogens is 1300 g/mol. The van der Waals surface area contributed by atoms with Gasteiger partial charge in [-0.05, 0) is 131 Å². The Morgan fingerprint density at radius 1 is 0.412 bits per heavy atom. The normalized spacial score (nSPS) is 12.7. The topological polar surface area (TPSA) is 124 Å². The van der Waals surface area contributed by atoms with Crippen LogP contribution >= 0.6 is 31.7 Å². The van der Waals surface area contributed by atoms with Crippen molar-refractivity contribution in [2.24, 2.45) is 0 Å². The maximum atomic E-state index is 10.7. The molecule has 20 heteroatoms. The molecule has 2 atom stereocenters. The Balaban J connectivity index is 0.000000636. The van der Waals surface area contributed by atoms with Gasteiger partial charge in [0, 0.05) is 13.2 Å². The van der Waals surface area contributed by atoms with E-state index in [9.17, 15) is 26.3 Å². The van der Waals surface area contributed by atoms with Gasteiger partial charge in [-0.15, -0.1) is 0 Å². The Labute approximate surface area is 524 Å². The van der Waals surface area contributed by atoms with E-state index in [-0.39, 0.29) is 20.4 Å². The molecule has 0 aliphatic heterocycles. The molecule has 7 nitrogen and oxygen atoms in total. The van der Waals surface area contributed by atoms with Crippen molar-refractivity contribution in [3.8, 4) is 0 Å². The summed E-state index contributed by atoms with van der Waals surface area (Å²) in [6, 6.07) is 54.7. The maximum Gasteiger partial charge on any atom is 2.00 e. The predicted octanol–water partition coefficient (Wildman–Crippen LogP) is 15.9. The van der Waals surface area contributed by atoms with Gasteiger partial charge in [0.1, 0.15) is 22.9 Å². The van der Waals surface area contributed by atoms with Crippen LogP contribution in [-0.2, 0) is 45.4 Å². The summed E-state index contributed by atoms with van der Waals surface area (Å²) >= 11 is 0. The summed E-state index contributed by atoms with van der Waals surface area (Å²) < 4.78 is 123. The molecule has 0 aliphatic rings. The van der Waals surface area contributed by atoms with Gasteiger partial charge in [0.2, 0.25) is 0 Å². The number of alkyl halides is 6. The van der Waals surface area contributed by atoms with Crippen LogP contribution in [0.1, 0.15) is 166 Å². The third kappa shape index (κ3) is 26.6. The second kappa shape index (κ2) is 37.9. The van der Waals surface area contributed by atoms with Gasteiger partial charge < -0.3 is 13.8 Å². The Morgan fingerprint density at radius 3 is 0.753 bits per heavy atom. The summed E-state index contributed by atoms with van der Waals surface area (Å²) in [6.45, 7) is 39.5. The first kappa shape index (κ1) is 80.1. The van der Waals surface area contributed by atoms with Crippen molar-refractivity contribution >= 4 is 83.7 Å². The standard InChI is InChI=1S/C33H54P2.C26H24P2.C4H10O.2CHF3O3S.Pd/c1-20(2)26-15-28(22(5)6)32(29(16-26)23(7)8)34(13)19-35(14)33-30(24(9)10)17-27(21(3)4)18-31(33)25(11)12;1-5-13-23(14-6-1)27(24-15-7-2-8-16-24)21-22-28(25-17-9-3-10-18-25)26-19-11-4-12-20-26;1-3-5-4-2;2*2-1(3,4)8(5,6)7;/h15-18,20-25H,19H2,1-14H3;1-20H,21-22H2;3-4H2,1-2H3;2*(H,5,6,7);/q;;;;;+2/p+2. The third-order valence-electron chi connectivity index (χ3n) is 13.7. The van der Waals surface area contributed by atoms with E-state index in [1.54, 1.807) is 32.9 Å². The molecule has 6 aromatic carbocycles. The van der Waals surface area contributed by atoms with Gasteiger partial charge in [-0.1, -0.05) is 180 Å². The number of ether oxygens (including phenoxy) is 1. The van der Waals surface area contributed by atoms with Crippen molar-refractivity contribution in [1.82, 2.24) is 0 Å². The van der Waals surface area contributed by atoms with E-state index >= 15 is 0 Å². The van der Waals surface area contributed by atoms with Crippen molar-refractivity contribution in [2.45, 2.75) is 143 Å². The zero-order valence-electron chi connectivity index (χ0n) is 52.1. The van der Waals surface area contributed by atoms with E-state index in [0.717, 1.165) is 13.2 Å². The minimum absolute atomic E-state index is 0. The van der Waals surface area contributed by atoms with Gasteiger partial charge >= 0.3 is 31.4 Å². The summed E-state index contributed by atoms with van der Waals surface area (Å²) in [5.74, 6) is 4.88. The molecule has 0 spiro atoms. The predicted molar refractivity (Wildman–Crippen MR) is 354 cm³/mol. The van der Waals surface area contributed by atoms with Gasteiger partial charge in [0.05, 0.1) is 66.2 Å². The zero-order valence-corrected chi connectivity index (χ0v) is 59.3. The van der Waals surface area contributed by atoms with Crippen molar-refractivity contribution in [1.29, 1.82) is 0 Å². The van der Waals surface area contributed by atoms with Crippen molar-refractivity contribution < 1.29 is 77.4 Å². The third-order valence-corrected chi connectivity index (χ3v) is 28.1. The van der Waals surface area contributed by atoms with Crippen LogP contribution in [0.2, 0.25) is 0 Å². The first-order valence-electron chi connectivity index (χ1n) is 28.6. The smallest absolute Gasteiger partial charge is 0.741 e. The molecule has 0 saturated heterocycles. The fraction of sp³-hybridized carbons (Fsp3) is 0.446. The minimum Gasteiger partial charge on any atom is -0.741 e. The molecular formula is C65H92F6O7P4PdS2+4. The number of benzene rings is 6. The summed E-state index contributed by atoms with van der Waals surface area (Å²) in [5, 5.41) is 9.57. The van der Waals surface area contributed by atoms with E-state index in [1.807, 2.05) is 13.8 Å². The van der Waals surface area contributed by atoms with Crippen LogP contribution in [0, 0.1) is 0 Å². The summed E-state index contributed by atoms with van der Waals surface area (Å²) in [5.41, 5.74) is -1.72. The Kier molecular flexibility index (Phi) is 35.7. The Hall–Kier alpha value is -2.94. The zero-order chi connectivity index (χ0) is 63.9. The average molecular weight is 1390 g/mol. The molecule has 0 aromatic heterocycles. The first-order chi connectivity index (χ1) is 39.0. The second-order valence-corrected chi connectivity index (χ2v) is 35.8. The maximum absolute atomic E-state index is 10.7. The van der Waals surface area contributed by atoms with Gasteiger partial charge in [-0.25, -0.2) is 16.8 Å². The largest absolute Gasteiger partial charge is 2.00 e. The fourth-order valence-corrected chi connectivity index (χ4v) is 23.6. The number of rotatable bonds is 19. The number of hydrogen-bond acceptors (Lipinski definition) is 7. The van der Waals surface area contributed by atoms with E-state index in [4.69, 9.17) is 30.7 Å². The van der Waals surface area contributed by atoms with E-state index in [2.05, 4.69) is 242 Å². The van der Waals surface area contributed by atoms with Crippen LogP contribution in [-0.4, -0.2) is 81.7 Å². The molecule has 0 saturated carbocycles. The summed E-state index contributed by atoms with van der Waals surface area (Å²) in [6.07, 6.45) is 2.52. The SMILES string of the molecule is CC(C)c1cc(C(C)C)c([PH+](C)C[PH+](C)c2c(C(C)C)cc(C(C)C)cc2C(C)C)c(C(C)C)c1.CCOCC.O=S(=O)([O-])C(F)(F)F.O=S(=O)([O-])C(F)(F)F.[Pd+2].c1ccc([PH+](CC[PH+](c2ccccc2)c2ccccc2)c2ccccc2)cc1. The van der Waals surface area contributed by atoms with E-state index < -0.39 is 62.9 Å². The second-order valence-electron chi connectivity index (χ2n) is 22.3. The van der Waals surface area contributed by atoms with Crippen LogP contribution in [0.25, 0.3) is 0 Å². The molecule has 6 aromatic rings. The van der Waals surface area contributed by atoms with E-state index in [0.29, 0.717) is 35.5 Å². The molecule has 0 fully saturated rings. The van der Waals surface area contributed by atoms with Crippen LogP contribution in [0.3, 0.4) is 0 Å². The van der Waals surface area contributed by atoms with Crippen LogP contribution in [0.15, 0.2) is 146 Å². The Bertz CT molecular complexity index is 2740. The monoisotopic (exact) mass is 1390 g/mol. The van der Waals surface area contributed by atoms with E-state index in [1.165, 1.54) is 50.6 Å². The minimum atomic E-state index is -6.09. The van der Waals surface area contributed by atoms with Crippen LogP contribution in [0.4, 0.5) is 26.3 Å². The molecule has 0 N–H and O–H groups in total.